The number of H-pyrrole nitrogens is 1. The second-order valence-electron chi connectivity index (χ2n) is 2.93. The van der Waals surface area contributed by atoms with Gasteiger partial charge in [0.2, 0.25) is 0 Å². The Bertz CT molecular complexity index is 292. The number of aromatic amines is 1. The average molecular weight is 185 g/mol. The van der Waals surface area contributed by atoms with Gasteiger partial charge in [-0.05, 0) is 20.0 Å². The molecule has 1 aromatic rings. The first-order chi connectivity index (χ1) is 6.24. The summed E-state index contributed by atoms with van der Waals surface area (Å²) in [6.07, 6.45) is 1.03. The fraction of sp³-hybridized carbons (Fsp3) is 0.625. The van der Waals surface area contributed by atoms with E-state index in [-0.39, 0.29) is 5.63 Å². The maximum atomic E-state index is 10.7. The molecule has 0 unspecified atom stereocenters. The molecule has 0 radical (unpaired) electrons. The molecule has 1 heterocycles. The Kier molecular flexibility index (Phi) is 3.57. The molecule has 0 aliphatic heterocycles. The van der Waals surface area contributed by atoms with Crippen LogP contribution in [0.3, 0.4) is 0 Å². The molecule has 0 bridgehead atoms. The van der Waals surface area contributed by atoms with Gasteiger partial charge in [-0.1, -0.05) is 0 Å². The van der Waals surface area contributed by atoms with Crippen LogP contribution in [0, 0.1) is 0 Å². The van der Waals surface area contributed by atoms with Gasteiger partial charge in [0, 0.05) is 13.6 Å². The number of aromatic nitrogens is 1. The van der Waals surface area contributed by atoms with Crippen LogP contribution >= 0.6 is 0 Å². The Morgan fingerprint density at radius 1 is 1.69 bits per heavy atom. The van der Waals surface area contributed by atoms with Crippen LogP contribution < -0.4 is 15.8 Å². The third-order valence-electron chi connectivity index (χ3n) is 1.84. The number of nitrogens with one attached hydrogen (secondary N) is 2. The molecule has 2 N–H and O–H groups in total. The van der Waals surface area contributed by atoms with Gasteiger partial charge in [-0.2, -0.15) is 0 Å². The van der Waals surface area contributed by atoms with Crippen molar-refractivity contribution in [2.75, 3.05) is 32.1 Å². The summed E-state index contributed by atoms with van der Waals surface area (Å²) in [5.74, 6) is 0.723. The molecular weight excluding hydrogens is 170 g/mol. The summed E-state index contributed by atoms with van der Waals surface area (Å²) in [6.45, 7) is 1.85. The maximum absolute atomic E-state index is 10.7. The van der Waals surface area contributed by atoms with Crippen molar-refractivity contribution >= 4 is 5.82 Å². The molecular formula is C8H15N3O2. The van der Waals surface area contributed by atoms with Gasteiger partial charge in [0.15, 0.2) is 0 Å². The molecule has 0 amide bonds. The van der Waals surface area contributed by atoms with E-state index >= 15 is 0 Å². The first-order valence-corrected chi connectivity index (χ1v) is 4.28. The number of hydrogen-bond acceptors (Lipinski definition) is 4. The van der Waals surface area contributed by atoms with Gasteiger partial charge in [-0.15, -0.1) is 0 Å². The lowest BCUT2D eigenvalue weighted by Gasteiger charge is -2.15. The van der Waals surface area contributed by atoms with Crippen LogP contribution in [-0.2, 0) is 0 Å². The van der Waals surface area contributed by atoms with Crippen LogP contribution in [0.2, 0.25) is 0 Å². The van der Waals surface area contributed by atoms with Crippen molar-refractivity contribution in [1.29, 1.82) is 0 Å². The summed E-state index contributed by atoms with van der Waals surface area (Å²) < 4.78 is 4.55. The van der Waals surface area contributed by atoms with Crippen LogP contribution in [0.5, 0.6) is 0 Å². The normalized spacial score (nSPS) is 10.3. The van der Waals surface area contributed by atoms with Crippen LogP contribution in [0.25, 0.3) is 0 Å². The van der Waals surface area contributed by atoms with E-state index in [2.05, 4.69) is 15.0 Å². The first kappa shape index (κ1) is 9.85. The van der Waals surface area contributed by atoms with E-state index in [4.69, 9.17) is 0 Å². The predicted molar refractivity (Wildman–Crippen MR) is 51.1 cm³/mol. The standard InChI is InChI=1S/C8H15N3O2/c1-9-4-3-5-11(2)7-6-8(12)13-10-7/h6,9-10H,3-5H2,1-2H3. The largest absolute Gasteiger partial charge is 0.359 e. The van der Waals surface area contributed by atoms with Crippen molar-refractivity contribution < 1.29 is 4.52 Å². The van der Waals surface area contributed by atoms with Gasteiger partial charge in [0.25, 0.3) is 0 Å². The van der Waals surface area contributed by atoms with Crippen LogP contribution in [-0.4, -0.2) is 32.3 Å². The summed E-state index contributed by atoms with van der Waals surface area (Å²) in [5.41, 5.74) is -0.338. The third kappa shape index (κ3) is 2.95. The highest BCUT2D eigenvalue weighted by Crippen LogP contribution is 2.04. The average Bonchev–Trinajstić information content (AvgIpc) is 2.52. The van der Waals surface area contributed by atoms with Crippen molar-refractivity contribution in [3.05, 3.63) is 16.5 Å². The van der Waals surface area contributed by atoms with Crippen molar-refractivity contribution in [2.45, 2.75) is 6.42 Å². The second-order valence-corrected chi connectivity index (χ2v) is 2.93. The van der Waals surface area contributed by atoms with Crippen molar-refractivity contribution in [1.82, 2.24) is 10.5 Å². The van der Waals surface area contributed by atoms with E-state index in [1.54, 1.807) is 0 Å². The van der Waals surface area contributed by atoms with E-state index in [9.17, 15) is 4.79 Å². The SMILES string of the molecule is CNCCCN(C)c1cc(=O)o[nH]1. The molecule has 0 fully saturated rings. The minimum atomic E-state index is -0.338. The van der Waals surface area contributed by atoms with E-state index in [0.29, 0.717) is 0 Å². The molecule has 74 valence electrons. The van der Waals surface area contributed by atoms with Crippen molar-refractivity contribution in [2.24, 2.45) is 0 Å². The molecule has 1 aromatic heterocycles. The highest BCUT2D eigenvalue weighted by molar-refractivity contribution is 5.33. The lowest BCUT2D eigenvalue weighted by molar-refractivity contribution is 0.391. The number of hydrogen-bond donors (Lipinski definition) is 2. The predicted octanol–water partition coefficient (Wildman–Crippen LogP) is 0.0136. The van der Waals surface area contributed by atoms with Gasteiger partial charge >= 0.3 is 5.63 Å². The molecule has 5 nitrogen and oxygen atoms in total. The highest BCUT2D eigenvalue weighted by Gasteiger charge is 2.03. The molecule has 0 aliphatic carbocycles. The Labute approximate surface area is 76.7 Å². The summed E-state index contributed by atoms with van der Waals surface area (Å²) in [5, 5.41) is 5.61. The zero-order chi connectivity index (χ0) is 9.68. The van der Waals surface area contributed by atoms with E-state index < -0.39 is 0 Å². The highest BCUT2D eigenvalue weighted by atomic mass is 16.5. The maximum Gasteiger partial charge on any atom is 0.359 e. The zero-order valence-electron chi connectivity index (χ0n) is 7.96. The lowest BCUT2D eigenvalue weighted by Crippen LogP contribution is -2.22. The number of rotatable bonds is 5. The molecule has 0 saturated heterocycles. The molecule has 13 heavy (non-hydrogen) atoms. The smallest absolute Gasteiger partial charge is 0.359 e. The quantitative estimate of drug-likeness (QED) is 0.634. The van der Waals surface area contributed by atoms with E-state index in [1.807, 2.05) is 19.0 Å². The molecule has 0 aliphatic rings. The summed E-state index contributed by atoms with van der Waals surface area (Å²) in [6, 6.07) is 1.44. The Morgan fingerprint density at radius 2 is 2.46 bits per heavy atom. The minimum Gasteiger partial charge on any atom is -0.359 e. The second kappa shape index (κ2) is 4.71. The summed E-state index contributed by atoms with van der Waals surface area (Å²) >= 11 is 0. The van der Waals surface area contributed by atoms with E-state index in [1.165, 1.54) is 6.07 Å². The molecule has 5 heteroatoms. The summed E-state index contributed by atoms with van der Waals surface area (Å²) in [4.78, 5) is 12.6. The monoisotopic (exact) mass is 185 g/mol. The Hall–Kier alpha value is -1.23. The zero-order valence-corrected chi connectivity index (χ0v) is 7.96. The van der Waals surface area contributed by atoms with Gasteiger partial charge in [-0.25, -0.2) is 9.95 Å². The van der Waals surface area contributed by atoms with Gasteiger partial charge in [0.05, 0.1) is 6.07 Å². The van der Waals surface area contributed by atoms with Crippen LogP contribution in [0.15, 0.2) is 15.4 Å². The molecule has 0 spiro atoms. The number of nitrogens with zero attached hydrogens (tertiary/aromatic N) is 1. The van der Waals surface area contributed by atoms with Gasteiger partial charge < -0.3 is 14.7 Å². The molecule has 1 rings (SSSR count). The molecule has 0 saturated carbocycles. The van der Waals surface area contributed by atoms with Crippen molar-refractivity contribution in [3.8, 4) is 0 Å². The molecule has 0 aromatic carbocycles. The van der Waals surface area contributed by atoms with Crippen LogP contribution in [0.1, 0.15) is 6.42 Å². The summed E-state index contributed by atoms with van der Waals surface area (Å²) in [7, 11) is 3.83. The van der Waals surface area contributed by atoms with Crippen molar-refractivity contribution in [3.63, 3.8) is 0 Å². The fourth-order valence-electron chi connectivity index (χ4n) is 1.07. The Morgan fingerprint density at radius 3 is 3.00 bits per heavy atom. The van der Waals surface area contributed by atoms with E-state index in [0.717, 1.165) is 25.3 Å². The Balaban J connectivity index is 2.39. The lowest BCUT2D eigenvalue weighted by atomic mass is 10.4. The van der Waals surface area contributed by atoms with Gasteiger partial charge in [-0.3, -0.25) is 0 Å². The van der Waals surface area contributed by atoms with Crippen LogP contribution in [0.4, 0.5) is 5.82 Å². The fourth-order valence-corrected chi connectivity index (χ4v) is 1.07. The third-order valence-corrected chi connectivity index (χ3v) is 1.84. The minimum absolute atomic E-state index is 0.338. The molecule has 0 atom stereocenters. The topological polar surface area (TPSA) is 61.3 Å². The van der Waals surface area contributed by atoms with Gasteiger partial charge in [0.1, 0.15) is 5.82 Å². The first-order valence-electron chi connectivity index (χ1n) is 4.28. The number of anilines is 1.